The molecule has 0 aliphatic rings. The lowest BCUT2D eigenvalue weighted by Gasteiger charge is -1.99. The van der Waals surface area contributed by atoms with E-state index in [0.717, 1.165) is 0 Å². The van der Waals surface area contributed by atoms with E-state index in [-0.39, 0.29) is 16.9 Å². The van der Waals surface area contributed by atoms with Gasteiger partial charge in [0.2, 0.25) is 0 Å². The molecule has 0 radical (unpaired) electrons. The van der Waals surface area contributed by atoms with Crippen molar-refractivity contribution in [2.24, 2.45) is 0 Å². The van der Waals surface area contributed by atoms with Gasteiger partial charge in [0, 0.05) is 0 Å². The molecule has 4 heteroatoms. The highest BCUT2D eigenvalue weighted by molar-refractivity contribution is 9.10. The molecule has 0 saturated carbocycles. The Morgan fingerprint density at radius 2 is 2.50 bits per heavy atom. The van der Waals surface area contributed by atoms with Crippen LogP contribution in [0.2, 0.25) is 0 Å². The fourth-order valence-electron chi connectivity index (χ4n) is 0.169. The van der Waals surface area contributed by atoms with E-state index >= 15 is 0 Å². The number of alkyl halides is 2. The Balaban J connectivity index is 3.33. The van der Waals surface area contributed by atoms with Crippen LogP contribution >= 0.6 is 27.5 Å². The summed E-state index contributed by atoms with van der Waals surface area (Å²) < 4.78 is 4.38. The first-order valence-electron chi connectivity index (χ1n) is 2.05. The zero-order valence-corrected chi connectivity index (χ0v) is 6.70. The highest BCUT2D eigenvalue weighted by Gasteiger charge is 2.07. The number of carbonyl (C=O) groups is 1. The largest absolute Gasteiger partial charge is 0.449 e. The van der Waals surface area contributed by atoms with Gasteiger partial charge in [0.05, 0.1) is 0 Å². The van der Waals surface area contributed by atoms with Crippen LogP contribution < -0.4 is 0 Å². The third-order valence-corrected chi connectivity index (χ3v) is 1.00. The zero-order chi connectivity index (χ0) is 6.57. The first-order valence-corrected chi connectivity index (χ1v) is 3.50. The zero-order valence-electron chi connectivity index (χ0n) is 4.36. The third kappa shape index (κ3) is 3.27. The number of carbonyl (C=O) groups excluding carboxylic acids is 1. The van der Waals surface area contributed by atoms with Crippen LogP contribution in [0.4, 0.5) is 0 Å². The van der Waals surface area contributed by atoms with Crippen LogP contribution in [0, 0.1) is 0 Å². The Kier molecular flexibility index (Phi) is 4.28. The third-order valence-electron chi connectivity index (χ3n) is 0.522. The van der Waals surface area contributed by atoms with Crippen molar-refractivity contribution in [2.45, 2.75) is 11.8 Å². The summed E-state index contributed by atoms with van der Waals surface area (Å²) in [5.74, 6) is -0.333. The average Bonchev–Trinajstić information content (AvgIpc) is 1.67. The van der Waals surface area contributed by atoms with Crippen molar-refractivity contribution in [3.05, 3.63) is 0 Å². The summed E-state index contributed by atoms with van der Waals surface area (Å²) in [6, 6.07) is -0.0746. The summed E-state index contributed by atoms with van der Waals surface area (Å²) in [5.41, 5.74) is 0. The summed E-state index contributed by atoms with van der Waals surface area (Å²) in [6.07, 6.45) is 0. The van der Waals surface area contributed by atoms with Crippen LogP contribution in [0.5, 0.6) is 0 Å². The van der Waals surface area contributed by atoms with Crippen LogP contribution in [0.25, 0.3) is 0 Å². The van der Waals surface area contributed by atoms with Gasteiger partial charge in [0.1, 0.15) is 4.83 Å². The highest BCUT2D eigenvalue weighted by Crippen LogP contribution is 1.99. The molecular formula is C4H6BrClO2. The van der Waals surface area contributed by atoms with Crippen LogP contribution in [0.1, 0.15) is 6.92 Å². The SMILES string of the molecule is CC(Br)C(=O)OCCl. The maximum Gasteiger partial charge on any atom is 0.320 e. The van der Waals surface area contributed by atoms with Gasteiger partial charge in [-0.25, -0.2) is 0 Å². The number of hydrogen-bond acceptors (Lipinski definition) is 2. The summed E-state index contributed by atoms with van der Waals surface area (Å²) in [7, 11) is 0. The Labute approximate surface area is 61.3 Å². The summed E-state index contributed by atoms with van der Waals surface area (Å²) >= 11 is 8.08. The van der Waals surface area contributed by atoms with Crippen molar-refractivity contribution in [2.75, 3.05) is 6.07 Å². The topological polar surface area (TPSA) is 26.3 Å². The molecule has 0 aromatic carbocycles. The molecule has 0 amide bonds. The predicted octanol–water partition coefficient (Wildman–Crippen LogP) is 1.51. The number of halogens is 2. The summed E-state index contributed by atoms with van der Waals surface area (Å²) in [6.45, 7) is 1.68. The van der Waals surface area contributed by atoms with Gasteiger partial charge in [-0.05, 0) is 6.92 Å². The molecule has 2 nitrogen and oxygen atoms in total. The molecule has 0 rings (SSSR count). The van der Waals surface area contributed by atoms with E-state index in [0.29, 0.717) is 0 Å². The van der Waals surface area contributed by atoms with Gasteiger partial charge in [0.25, 0.3) is 0 Å². The number of rotatable bonds is 2. The Morgan fingerprint density at radius 3 is 2.62 bits per heavy atom. The molecular weight excluding hydrogens is 195 g/mol. The molecule has 0 aromatic heterocycles. The summed E-state index contributed by atoms with van der Waals surface area (Å²) in [4.78, 5) is 10.1. The molecule has 0 fully saturated rings. The maximum absolute atomic E-state index is 10.4. The summed E-state index contributed by atoms with van der Waals surface area (Å²) in [5, 5.41) is 0. The fraction of sp³-hybridized carbons (Fsp3) is 0.750. The Bertz CT molecular complexity index is 84.1. The van der Waals surface area contributed by atoms with E-state index in [1.807, 2.05) is 0 Å². The normalized spacial score (nSPS) is 12.9. The molecule has 1 atom stereocenters. The minimum Gasteiger partial charge on any atom is -0.449 e. The second kappa shape index (κ2) is 4.15. The van der Waals surface area contributed by atoms with Crippen molar-refractivity contribution < 1.29 is 9.53 Å². The second-order valence-corrected chi connectivity index (χ2v) is 2.78. The van der Waals surface area contributed by atoms with E-state index in [1.165, 1.54) is 0 Å². The van der Waals surface area contributed by atoms with E-state index in [1.54, 1.807) is 6.92 Å². The Hall–Kier alpha value is 0.240. The first-order chi connectivity index (χ1) is 3.68. The van der Waals surface area contributed by atoms with E-state index in [9.17, 15) is 4.79 Å². The molecule has 0 N–H and O–H groups in total. The van der Waals surface area contributed by atoms with E-state index in [2.05, 4.69) is 20.7 Å². The number of esters is 1. The predicted molar refractivity (Wildman–Crippen MR) is 35.2 cm³/mol. The lowest BCUT2D eigenvalue weighted by Crippen LogP contribution is -2.12. The molecule has 0 aliphatic heterocycles. The number of ether oxygens (including phenoxy) is 1. The Morgan fingerprint density at radius 1 is 2.00 bits per heavy atom. The van der Waals surface area contributed by atoms with Crippen molar-refractivity contribution in [1.82, 2.24) is 0 Å². The molecule has 0 aromatic rings. The molecule has 0 heterocycles. The molecule has 1 unspecified atom stereocenters. The lowest BCUT2D eigenvalue weighted by atomic mass is 10.5. The second-order valence-electron chi connectivity index (χ2n) is 1.19. The molecule has 0 spiro atoms. The van der Waals surface area contributed by atoms with Gasteiger partial charge in [-0.3, -0.25) is 4.79 Å². The van der Waals surface area contributed by atoms with Gasteiger partial charge in [-0.1, -0.05) is 27.5 Å². The first kappa shape index (κ1) is 8.24. The monoisotopic (exact) mass is 200 g/mol. The smallest absolute Gasteiger partial charge is 0.320 e. The van der Waals surface area contributed by atoms with Crippen molar-refractivity contribution in [1.29, 1.82) is 0 Å². The van der Waals surface area contributed by atoms with E-state index in [4.69, 9.17) is 11.6 Å². The van der Waals surface area contributed by atoms with Gasteiger partial charge < -0.3 is 4.74 Å². The van der Waals surface area contributed by atoms with Crippen LogP contribution in [-0.2, 0) is 9.53 Å². The molecule has 0 bridgehead atoms. The van der Waals surface area contributed by atoms with Crippen molar-refractivity contribution >= 4 is 33.5 Å². The van der Waals surface area contributed by atoms with Crippen molar-refractivity contribution in [3.63, 3.8) is 0 Å². The average molecular weight is 201 g/mol. The minimum atomic E-state index is -0.333. The molecule has 0 saturated heterocycles. The van der Waals surface area contributed by atoms with Gasteiger partial charge >= 0.3 is 5.97 Å². The fourth-order valence-corrected chi connectivity index (χ4v) is 0.408. The molecule has 0 aliphatic carbocycles. The van der Waals surface area contributed by atoms with Crippen LogP contribution in [-0.4, -0.2) is 16.9 Å². The van der Waals surface area contributed by atoms with Crippen LogP contribution in [0.15, 0.2) is 0 Å². The number of hydrogen-bond donors (Lipinski definition) is 0. The lowest BCUT2D eigenvalue weighted by molar-refractivity contribution is -0.140. The molecule has 48 valence electrons. The van der Waals surface area contributed by atoms with Crippen LogP contribution in [0.3, 0.4) is 0 Å². The quantitative estimate of drug-likeness (QED) is 0.500. The minimum absolute atomic E-state index is 0.0746. The standard InChI is InChI=1S/C4H6BrClO2/c1-3(5)4(7)8-2-6/h3H,2H2,1H3. The highest BCUT2D eigenvalue weighted by atomic mass is 79.9. The van der Waals surface area contributed by atoms with Gasteiger partial charge in [-0.15, -0.1) is 0 Å². The maximum atomic E-state index is 10.4. The van der Waals surface area contributed by atoms with Gasteiger partial charge in [-0.2, -0.15) is 0 Å². The van der Waals surface area contributed by atoms with E-state index < -0.39 is 0 Å². The van der Waals surface area contributed by atoms with Crippen molar-refractivity contribution in [3.8, 4) is 0 Å². The van der Waals surface area contributed by atoms with Gasteiger partial charge in [0.15, 0.2) is 6.07 Å². The molecule has 8 heavy (non-hydrogen) atoms.